The summed E-state index contributed by atoms with van der Waals surface area (Å²) in [7, 11) is -4.47. The maximum atomic E-state index is 11.1. The number of phosphoric acid groups is 1. The average molecular weight is 433 g/mol. The summed E-state index contributed by atoms with van der Waals surface area (Å²) in [5.41, 5.74) is 0. The highest BCUT2D eigenvalue weighted by molar-refractivity contribution is 7.99. The molecule has 0 aromatic carbocycles. The SMILES string of the molecule is CCCCCCSc1nccnc1O[C@@H]1C[N+]2(COP(=O)(O)O)CCC1CC2. The molecule has 3 saturated heterocycles. The lowest BCUT2D eigenvalue weighted by Crippen LogP contribution is -2.65. The van der Waals surface area contributed by atoms with Crippen LogP contribution in [0.25, 0.3) is 0 Å². The number of nitrogens with zero attached hydrogens (tertiary/aromatic N) is 3. The summed E-state index contributed by atoms with van der Waals surface area (Å²) < 4.78 is 22.8. The number of thioether (sulfide) groups is 1. The second kappa shape index (κ2) is 9.87. The summed E-state index contributed by atoms with van der Waals surface area (Å²) in [6, 6.07) is 0. The fourth-order valence-electron chi connectivity index (χ4n) is 4.07. The standard InChI is InChI=1S/C18H30N3O5PS/c1-2-3-4-5-12-28-18-17(19-8-9-20-18)26-16-13-21(14-25-27(22,23)24)10-6-15(16)7-11-21/h8-9,15-16H,2-7,10-14H2,1H3,(H-,22,23,24)/p+1/t15?,16-,21?/m1/s1. The molecule has 0 spiro atoms. The lowest BCUT2D eigenvalue weighted by atomic mass is 9.84. The van der Waals surface area contributed by atoms with E-state index in [1.165, 1.54) is 19.3 Å². The topological polar surface area (TPSA) is 102 Å². The van der Waals surface area contributed by atoms with Crippen LogP contribution in [0.5, 0.6) is 5.88 Å². The van der Waals surface area contributed by atoms with Gasteiger partial charge in [0.2, 0.25) is 5.88 Å². The van der Waals surface area contributed by atoms with E-state index in [0.29, 0.717) is 22.8 Å². The minimum atomic E-state index is -4.47. The summed E-state index contributed by atoms with van der Waals surface area (Å²) in [6.07, 6.45) is 10.1. The Bertz CT molecular complexity index is 681. The van der Waals surface area contributed by atoms with Crippen molar-refractivity contribution >= 4 is 19.6 Å². The molecule has 158 valence electrons. The van der Waals surface area contributed by atoms with Crippen LogP contribution in [0.4, 0.5) is 0 Å². The van der Waals surface area contributed by atoms with Crippen LogP contribution in [-0.2, 0) is 9.09 Å². The Balaban J connectivity index is 1.60. The Labute approximate surface area is 170 Å². The lowest BCUT2D eigenvalue weighted by Gasteiger charge is -2.51. The van der Waals surface area contributed by atoms with Gasteiger partial charge in [0.1, 0.15) is 6.54 Å². The summed E-state index contributed by atoms with van der Waals surface area (Å²) in [6.45, 7) is 4.64. The second-order valence-corrected chi connectivity index (χ2v) is 10.1. The molecule has 10 heteroatoms. The van der Waals surface area contributed by atoms with Crippen molar-refractivity contribution in [3.05, 3.63) is 12.4 Å². The number of hydrogen-bond donors (Lipinski definition) is 2. The van der Waals surface area contributed by atoms with E-state index in [0.717, 1.165) is 43.1 Å². The first-order valence-corrected chi connectivity index (χ1v) is 12.6. The maximum Gasteiger partial charge on any atom is 0.474 e. The zero-order valence-corrected chi connectivity index (χ0v) is 18.1. The molecular formula is C18H31N3O5PS+. The predicted octanol–water partition coefficient (Wildman–Crippen LogP) is 3.20. The summed E-state index contributed by atoms with van der Waals surface area (Å²) in [5, 5.41) is 0.827. The fourth-order valence-corrected chi connectivity index (χ4v) is 5.36. The van der Waals surface area contributed by atoms with Crippen molar-refractivity contribution in [1.82, 2.24) is 9.97 Å². The number of phosphoric ester groups is 1. The van der Waals surface area contributed by atoms with Crippen molar-refractivity contribution in [2.45, 2.75) is 56.6 Å². The molecule has 1 atom stereocenters. The zero-order valence-electron chi connectivity index (χ0n) is 16.4. The van der Waals surface area contributed by atoms with Crippen LogP contribution in [0.2, 0.25) is 0 Å². The third-order valence-corrected chi connectivity index (χ3v) is 7.17. The van der Waals surface area contributed by atoms with Gasteiger partial charge in [-0.25, -0.2) is 19.1 Å². The number of hydrogen-bond acceptors (Lipinski definition) is 6. The van der Waals surface area contributed by atoms with Crippen molar-refractivity contribution in [3.8, 4) is 5.88 Å². The fraction of sp³-hybridized carbons (Fsp3) is 0.778. The van der Waals surface area contributed by atoms with Crippen molar-refractivity contribution in [3.63, 3.8) is 0 Å². The van der Waals surface area contributed by atoms with Gasteiger partial charge in [-0.15, -0.1) is 11.8 Å². The van der Waals surface area contributed by atoms with Gasteiger partial charge in [0.25, 0.3) is 0 Å². The highest BCUT2D eigenvalue weighted by Crippen LogP contribution is 2.41. The Morgan fingerprint density at radius 2 is 1.96 bits per heavy atom. The van der Waals surface area contributed by atoms with Crippen LogP contribution >= 0.6 is 19.6 Å². The molecule has 3 aliphatic heterocycles. The highest BCUT2D eigenvalue weighted by atomic mass is 32.2. The van der Waals surface area contributed by atoms with Crippen molar-refractivity contribution in [2.75, 3.05) is 32.1 Å². The first-order valence-electron chi connectivity index (χ1n) is 10.1. The highest BCUT2D eigenvalue weighted by Gasteiger charge is 2.48. The van der Waals surface area contributed by atoms with Crippen molar-refractivity contribution in [1.29, 1.82) is 0 Å². The zero-order chi connectivity index (χ0) is 20.0. The van der Waals surface area contributed by atoms with Gasteiger partial charge < -0.3 is 14.5 Å². The summed E-state index contributed by atoms with van der Waals surface area (Å²) in [4.78, 5) is 27.0. The molecule has 0 radical (unpaired) electrons. The predicted molar refractivity (Wildman–Crippen MR) is 107 cm³/mol. The van der Waals surface area contributed by atoms with E-state index in [2.05, 4.69) is 16.9 Å². The van der Waals surface area contributed by atoms with E-state index < -0.39 is 7.82 Å². The van der Waals surface area contributed by atoms with Crippen LogP contribution in [0.1, 0.15) is 45.4 Å². The van der Waals surface area contributed by atoms with Gasteiger partial charge in [-0.3, -0.25) is 4.48 Å². The molecule has 2 bridgehead atoms. The van der Waals surface area contributed by atoms with E-state index in [1.807, 2.05) is 0 Å². The average Bonchev–Trinajstić information content (AvgIpc) is 2.68. The largest absolute Gasteiger partial charge is 0.474 e. The molecule has 4 heterocycles. The normalized spacial score (nSPS) is 27.1. The monoisotopic (exact) mass is 432 g/mol. The van der Waals surface area contributed by atoms with Crippen LogP contribution < -0.4 is 4.74 Å². The Morgan fingerprint density at radius 3 is 2.68 bits per heavy atom. The molecule has 0 amide bonds. The van der Waals surface area contributed by atoms with Gasteiger partial charge in [-0.1, -0.05) is 26.2 Å². The molecule has 0 saturated carbocycles. The van der Waals surface area contributed by atoms with E-state index in [1.54, 1.807) is 24.2 Å². The quantitative estimate of drug-likeness (QED) is 0.238. The van der Waals surface area contributed by atoms with E-state index in [4.69, 9.17) is 19.0 Å². The van der Waals surface area contributed by atoms with Gasteiger partial charge in [0, 0.05) is 31.2 Å². The number of quaternary nitrogens is 1. The van der Waals surface area contributed by atoms with E-state index in [9.17, 15) is 4.57 Å². The molecule has 2 N–H and O–H groups in total. The number of piperidine rings is 3. The second-order valence-electron chi connectivity index (χ2n) is 7.79. The Hall–Kier alpha value is -0.700. The van der Waals surface area contributed by atoms with Gasteiger partial charge in [0.05, 0.1) is 13.1 Å². The van der Waals surface area contributed by atoms with Gasteiger partial charge in [-0.2, -0.15) is 0 Å². The molecule has 3 aliphatic rings. The Morgan fingerprint density at radius 1 is 1.21 bits per heavy atom. The molecule has 3 fully saturated rings. The van der Waals surface area contributed by atoms with Gasteiger partial charge >= 0.3 is 7.82 Å². The maximum absolute atomic E-state index is 11.1. The molecule has 28 heavy (non-hydrogen) atoms. The van der Waals surface area contributed by atoms with Gasteiger partial charge in [0.15, 0.2) is 17.9 Å². The molecule has 1 aromatic heterocycles. The van der Waals surface area contributed by atoms with E-state index in [-0.39, 0.29) is 12.8 Å². The third kappa shape index (κ3) is 6.15. The first-order chi connectivity index (χ1) is 13.4. The van der Waals surface area contributed by atoms with Crippen molar-refractivity contribution in [2.24, 2.45) is 5.92 Å². The van der Waals surface area contributed by atoms with Crippen molar-refractivity contribution < 1.29 is 28.1 Å². The Kier molecular flexibility index (Phi) is 7.75. The third-order valence-electron chi connectivity index (χ3n) is 5.67. The smallest absolute Gasteiger partial charge is 0.466 e. The van der Waals surface area contributed by atoms with E-state index >= 15 is 0 Å². The molecule has 0 unspecified atom stereocenters. The summed E-state index contributed by atoms with van der Waals surface area (Å²) >= 11 is 1.69. The molecule has 8 nitrogen and oxygen atoms in total. The number of fused-ring (bicyclic) bond motifs is 3. The molecular weight excluding hydrogens is 401 g/mol. The molecule has 0 aliphatic carbocycles. The first kappa shape index (κ1) is 22.0. The minimum Gasteiger partial charge on any atom is -0.466 e. The molecule has 4 rings (SSSR count). The number of rotatable bonds is 11. The number of ether oxygens (including phenoxy) is 1. The summed E-state index contributed by atoms with van der Waals surface area (Å²) in [5.74, 6) is 2.02. The lowest BCUT2D eigenvalue weighted by molar-refractivity contribution is -0.959. The van der Waals surface area contributed by atoms with Crippen LogP contribution in [0, 0.1) is 5.92 Å². The van der Waals surface area contributed by atoms with Crippen LogP contribution in [0.15, 0.2) is 17.4 Å². The minimum absolute atomic E-state index is 0.0242. The molecule has 1 aromatic rings. The van der Waals surface area contributed by atoms with Crippen LogP contribution in [0.3, 0.4) is 0 Å². The number of unbranched alkanes of at least 4 members (excludes halogenated alkanes) is 3. The van der Waals surface area contributed by atoms with Gasteiger partial charge in [-0.05, 0) is 12.2 Å². The number of aromatic nitrogens is 2. The van der Waals surface area contributed by atoms with Crippen LogP contribution in [-0.4, -0.2) is 62.5 Å².